The Morgan fingerprint density at radius 2 is 1.97 bits per heavy atom. The first-order chi connectivity index (χ1) is 14.2. The second-order valence-corrected chi connectivity index (χ2v) is 7.60. The van der Waals surface area contributed by atoms with Crippen LogP contribution >= 0.6 is 0 Å². The van der Waals surface area contributed by atoms with Crippen molar-refractivity contribution in [3.63, 3.8) is 0 Å². The zero-order valence-electron chi connectivity index (χ0n) is 17.5. The van der Waals surface area contributed by atoms with Crippen LogP contribution in [-0.4, -0.2) is 49.6 Å². The Balaban J connectivity index is 1.92. The lowest BCUT2D eigenvalue weighted by atomic mass is 10.1. The Bertz CT molecular complexity index is 786. The van der Waals surface area contributed by atoms with Crippen LogP contribution in [-0.2, 0) is 25.5 Å². The van der Waals surface area contributed by atoms with Crippen molar-refractivity contribution < 1.29 is 33.3 Å². The molecule has 1 aromatic carbocycles. The van der Waals surface area contributed by atoms with E-state index >= 15 is 0 Å². The molecule has 9 heteroatoms. The van der Waals surface area contributed by atoms with Gasteiger partial charge in [0.25, 0.3) is 0 Å². The Hall–Kier alpha value is -3.23. The topological polar surface area (TPSA) is 112 Å². The molecule has 2 rings (SSSR count). The van der Waals surface area contributed by atoms with Gasteiger partial charge in [0.1, 0.15) is 18.2 Å². The Kier molecular flexibility index (Phi) is 8.08. The summed E-state index contributed by atoms with van der Waals surface area (Å²) in [4.78, 5) is 36.6. The van der Waals surface area contributed by atoms with E-state index in [1.54, 1.807) is 20.8 Å². The number of hydrogen-bond donors (Lipinski definition) is 2. The van der Waals surface area contributed by atoms with Gasteiger partial charge in [0.05, 0.1) is 6.42 Å². The zero-order chi connectivity index (χ0) is 22.1. The molecule has 0 radical (unpaired) electrons. The number of ether oxygens (including phenoxy) is 4. The molecule has 9 nitrogen and oxygen atoms in total. The number of carbonyl (C=O) groups is 3. The molecule has 1 atom stereocenters. The number of benzene rings is 1. The summed E-state index contributed by atoms with van der Waals surface area (Å²) in [6.07, 6.45) is 0.820. The summed E-state index contributed by atoms with van der Waals surface area (Å²) >= 11 is 0. The number of rotatable bonds is 9. The van der Waals surface area contributed by atoms with Gasteiger partial charge in [0.2, 0.25) is 12.7 Å². The van der Waals surface area contributed by atoms with Crippen molar-refractivity contribution >= 4 is 18.0 Å². The van der Waals surface area contributed by atoms with Gasteiger partial charge in [-0.15, -0.1) is 0 Å². The second kappa shape index (κ2) is 10.5. The van der Waals surface area contributed by atoms with Crippen LogP contribution in [0.25, 0.3) is 0 Å². The first kappa shape index (κ1) is 23.1. The summed E-state index contributed by atoms with van der Waals surface area (Å²) in [7, 11) is 0. The molecule has 0 aromatic heterocycles. The van der Waals surface area contributed by atoms with Crippen molar-refractivity contribution in [2.45, 2.75) is 45.3 Å². The predicted molar refractivity (Wildman–Crippen MR) is 108 cm³/mol. The monoisotopic (exact) mass is 420 g/mol. The number of hydrogen-bond acceptors (Lipinski definition) is 7. The molecule has 0 spiro atoms. The van der Waals surface area contributed by atoms with E-state index < -0.39 is 29.6 Å². The summed E-state index contributed by atoms with van der Waals surface area (Å²) in [5, 5.41) is 5.15. The normalized spacial score (nSPS) is 13.2. The highest BCUT2D eigenvalue weighted by Crippen LogP contribution is 2.32. The average Bonchev–Trinajstić information content (AvgIpc) is 3.12. The third kappa shape index (κ3) is 7.65. The predicted octanol–water partition coefficient (Wildman–Crippen LogP) is 2.09. The number of nitrogens with one attached hydrogen (secondary N) is 2. The van der Waals surface area contributed by atoms with Crippen LogP contribution in [0.3, 0.4) is 0 Å². The minimum absolute atomic E-state index is 0.0176. The standard InChI is InChI=1S/C21H28N2O7/c1-5-10-27-18(24)12-15(23-20(26)30-21(2,3)4)19(25)22-9-8-14-6-7-16-17(11-14)29-13-28-16/h5-7,11,15H,1,8-10,12-13H2,2-4H3,(H,22,25)(H,23,26)/t15-/m0/s1. The van der Waals surface area contributed by atoms with Crippen molar-refractivity contribution in [3.8, 4) is 11.5 Å². The van der Waals surface area contributed by atoms with Crippen molar-refractivity contribution in [2.24, 2.45) is 0 Å². The lowest BCUT2D eigenvalue weighted by molar-refractivity contribution is -0.144. The molecule has 0 bridgehead atoms. The summed E-state index contributed by atoms with van der Waals surface area (Å²) in [5.41, 5.74) is 0.204. The lowest BCUT2D eigenvalue weighted by Crippen LogP contribution is -2.49. The highest BCUT2D eigenvalue weighted by atomic mass is 16.7. The fraction of sp³-hybridized carbons (Fsp3) is 0.476. The molecule has 2 N–H and O–H groups in total. The number of alkyl carbamates (subject to hydrolysis) is 1. The van der Waals surface area contributed by atoms with Crippen LogP contribution in [0, 0.1) is 0 Å². The molecule has 164 valence electrons. The van der Waals surface area contributed by atoms with Crippen LogP contribution in [0.15, 0.2) is 30.9 Å². The molecule has 2 amide bonds. The fourth-order valence-corrected chi connectivity index (χ4v) is 2.59. The molecule has 0 fully saturated rings. The number of amides is 2. The fourth-order valence-electron chi connectivity index (χ4n) is 2.59. The molecule has 0 saturated heterocycles. The van der Waals surface area contributed by atoms with Gasteiger partial charge in [0.15, 0.2) is 11.5 Å². The summed E-state index contributed by atoms with van der Waals surface area (Å²) in [6, 6.07) is 4.40. The molecule has 0 unspecified atom stereocenters. The Morgan fingerprint density at radius 1 is 1.23 bits per heavy atom. The maximum atomic E-state index is 12.6. The van der Waals surface area contributed by atoms with Gasteiger partial charge in [-0.25, -0.2) is 4.79 Å². The van der Waals surface area contributed by atoms with E-state index in [-0.39, 0.29) is 19.8 Å². The molecular formula is C21H28N2O7. The summed E-state index contributed by atoms with van der Waals surface area (Å²) in [6.45, 7) is 9.07. The highest BCUT2D eigenvalue weighted by molar-refractivity contribution is 5.89. The van der Waals surface area contributed by atoms with Gasteiger partial charge in [-0.1, -0.05) is 18.7 Å². The van der Waals surface area contributed by atoms with Gasteiger partial charge in [0, 0.05) is 6.54 Å². The van der Waals surface area contributed by atoms with E-state index in [1.165, 1.54) is 6.08 Å². The molecule has 1 aromatic rings. The van der Waals surface area contributed by atoms with E-state index in [1.807, 2.05) is 18.2 Å². The highest BCUT2D eigenvalue weighted by Gasteiger charge is 2.27. The molecule has 1 aliphatic rings. The lowest BCUT2D eigenvalue weighted by Gasteiger charge is -2.23. The van der Waals surface area contributed by atoms with E-state index in [0.29, 0.717) is 24.5 Å². The average molecular weight is 420 g/mol. The van der Waals surface area contributed by atoms with E-state index in [4.69, 9.17) is 18.9 Å². The summed E-state index contributed by atoms with van der Waals surface area (Å²) in [5.74, 6) is 0.190. The summed E-state index contributed by atoms with van der Waals surface area (Å²) < 4.78 is 20.7. The van der Waals surface area contributed by atoms with Crippen molar-refractivity contribution in [3.05, 3.63) is 36.4 Å². The van der Waals surface area contributed by atoms with Crippen molar-refractivity contribution in [1.82, 2.24) is 10.6 Å². The van der Waals surface area contributed by atoms with Gasteiger partial charge >= 0.3 is 12.1 Å². The van der Waals surface area contributed by atoms with Gasteiger partial charge in [-0.3, -0.25) is 9.59 Å². The van der Waals surface area contributed by atoms with E-state index in [2.05, 4.69) is 17.2 Å². The first-order valence-electron chi connectivity index (χ1n) is 9.60. The van der Waals surface area contributed by atoms with Crippen LogP contribution in [0.5, 0.6) is 11.5 Å². The molecule has 1 aliphatic heterocycles. The quantitative estimate of drug-likeness (QED) is 0.465. The van der Waals surface area contributed by atoms with Crippen LogP contribution in [0.1, 0.15) is 32.8 Å². The van der Waals surface area contributed by atoms with Gasteiger partial charge in [-0.2, -0.15) is 0 Å². The second-order valence-electron chi connectivity index (χ2n) is 7.60. The van der Waals surface area contributed by atoms with Gasteiger partial charge < -0.3 is 29.6 Å². The molecule has 1 heterocycles. The maximum absolute atomic E-state index is 12.6. The third-order valence-corrected chi connectivity index (χ3v) is 3.89. The Morgan fingerprint density at radius 3 is 2.67 bits per heavy atom. The zero-order valence-corrected chi connectivity index (χ0v) is 17.5. The van der Waals surface area contributed by atoms with Crippen molar-refractivity contribution in [1.29, 1.82) is 0 Å². The van der Waals surface area contributed by atoms with Gasteiger partial charge in [-0.05, 0) is 44.9 Å². The van der Waals surface area contributed by atoms with Crippen LogP contribution < -0.4 is 20.1 Å². The first-order valence-corrected chi connectivity index (χ1v) is 9.60. The van der Waals surface area contributed by atoms with Crippen molar-refractivity contribution in [2.75, 3.05) is 19.9 Å². The van der Waals surface area contributed by atoms with Crippen LogP contribution in [0.4, 0.5) is 4.79 Å². The molecule has 30 heavy (non-hydrogen) atoms. The molecular weight excluding hydrogens is 392 g/mol. The molecule has 0 saturated carbocycles. The SMILES string of the molecule is C=CCOC(=O)C[C@H](NC(=O)OC(C)(C)C)C(=O)NCCc1ccc2c(c1)OCO2. The molecule has 0 aliphatic carbocycles. The maximum Gasteiger partial charge on any atom is 0.408 e. The largest absolute Gasteiger partial charge is 0.461 e. The van der Waals surface area contributed by atoms with E-state index in [0.717, 1.165) is 5.56 Å². The smallest absolute Gasteiger partial charge is 0.408 e. The Labute approximate surface area is 175 Å². The number of fused-ring (bicyclic) bond motifs is 1. The van der Waals surface area contributed by atoms with E-state index in [9.17, 15) is 14.4 Å². The minimum Gasteiger partial charge on any atom is -0.461 e. The number of esters is 1. The number of carbonyl (C=O) groups excluding carboxylic acids is 3. The minimum atomic E-state index is -1.13. The third-order valence-electron chi connectivity index (χ3n) is 3.89. The van der Waals surface area contributed by atoms with Crippen LogP contribution in [0.2, 0.25) is 0 Å².